The molecule has 7 heteroatoms. The van der Waals surface area contributed by atoms with Crippen molar-refractivity contribution in [3.05, 3.63) is 38.5 Å². The van der Waals surface area contributed by atoms with E-state index < -0.39 is 5.97 Å². The first-order chi connectivity index (χ1) is 10.1. The summed E-state index contributed by atoms with van der Waals surface area (Å²) in [5.74, 6) is -0.719. The number of thiazole rings is 1. The van der Waals surface area contributed by atoms with Gasteiger partial charge in [0.2, 0.25) is 0 Å². The molecule has 0 aliphatic heterocycles. The average molecular weight is 324 g/mol. The second-order valence-corrected chi connectivity index (χ2v) is 6.47. The summed E-state index contributed by atoms with van der Waals surface area (Å²) in [4.78, 5) is 28.5. The second kappa shape index (κ2) is 7.90. The Morgan fingerprint density at radius 3 is 2.90 bits per heavy atom. The lowest BCUT2D eigenvalue weighted by molar-refractivity contribution is -0.147. The molecule has 0 saturated carbocycles. The molecule has 0 saturated heterocycles. The Hall–Kier alpha value is -1.73. The molecule has 2 aromatic heterocycles. The summed E-state index contributed by atoms with van der Waals surface area (Å²) >= 11 is 3.14. The first-order valence-corrected chi connectivity index (χ1v) is 8.25. The Morgan fingerprint density at radius 2 is 2.24 bits per heavy atom. The first kappa shape index (κ1) is 15.7. The van der Waals surface area contributed by atoms with Crippen molar-refractivity contribution in [1.29, 1.82) is 0 Å². The number of hydrogen-bond acceptors (Lipinski definition) is 6. The highest BCUT2D eigenvalue weighted by Gasteiger charge is 2.10. The van der Waals surface area contributed by atoms with Crippen molar-refractivity contribution in [2.45, 2.75) is 19.8 Å². The number of rotatable bonds is 7. The highest BCUT2D eigenvalue weighted by Crippen LogP contribution is 2.09. The fourth-order valence-electron chi connectivity index (χ4n) is 1.67. The van der Waals surface area contributed by atoms with Crippen molar-refractivity contribution in [3.63, 3.8) is 0 Å². The summed E-state index contributed by atoms with van der Waals surface area (Å²) in [6.07, 6.45) is 0.891. The number of hydrogen-bond donors (Lipinski definition) is 1. The maximum atomic E-state index is 11.6. The van der Waals surface area contributed by atoms with E-state index in [0.29, 0.717) is 12.2 Å². The minimum Gasteiger partial charge on any atom is -0.455 e. The van der Waals surface area contributed by atoms with E-state index in [9.17, 15) is 9.59 Å². The zero-order valence-electron chi connectivity index (χ0n) is 11.6. The Labute approximate surface area is 131 Å². The van der Waals surface area contributed by atoms with Crippen LogP contribution in [0.1, 0.15) is 15.6 Å². The van der Waals surface area contributed by atoms with Gasteiger partial charge >= 0.3 is 5.97 Å². The number of carbonyl (C=O) groups is 2. The number of amides is 1. The standard InChI is InChI=1S/C14H16N2O3S2/c1-10-16-11(9-21-10)7-14(18)19-8-13(17)15-5-4-12-3-2-6-20-12/h2-3,6,9H,4-5,7-8H2,1H3,(H,15,17). The molecule has 21 heavy (non-hydrogen) atoms. The lowest BCUT2D eigenvalue weighted by Gasteiger charge is -2.05. The van der Waals surface area contributed by atoms with Crippen molar-refractivity contribution in [1.82, 2.24) is 10.3 Å². The lowest BCUT2D eigenvalue weighted by atomic mass is 10.3. The summed E-state index contributed by atoms with van der Waals surface area (Å²) in [6.45, 7) is 2.18. The normalized spacial score (nSPS) is 10.3. The zero-order valence-corrected chi connectivity index (χ0v) is 13.3. The van der Waals surface area contributed by atoms with E-state index >= 15 is 0 Å². The minimum atomic E-state index is -0.436. The van der Waals surface area contributed by atoms with Gasteiger partial charge in [-0.25, -0.2) is 4.98 Å². The van der Waals surface area contributed by atoms with Crippen LogP contribution in [0.2, 0.25) is 0 Å². The summed E-state index contributed by atoms with van der Waals surface area (Å²) in [6, 6.07) is 4.00. The van der Waals surface area contributed by atoms with Crippen LogP contribution in [0, 0.1) is 6.92 Å². The molecule has 0 atom stereocenters. The maximum Gasteiger partial charge on any atom is 0.312 e. The molecule has 0 aromatic carbocycles. The van der Waals surface area contributed by atoms with E-state index in [1.165, 1.54) is 16.2 Å². The number of aromatic nitrogens is 1. The van der Waals surface area contributed by atoms with Crippen LogP contribution in [-0.2, 0) is 27.2 Å². The van der Waals surface area contributed by atoms with Gasteiger partial charge in [0.05, 0.1) is 17.1 Å². The SMILES string of the molecule is Cc1nc(CC(=O)OCC(=O)NCCc2cccs2)cs1. The van der Waals surface area contributed by atoms with Crippen LogP contribution in [0.5, 0.6) is 0 Å². The molecule has 0 fully saturated rings. The molecule has 0 spiro atoms. The van der Waals surface area contributed by atoms with Gasteiger partial charge in [-0.2, -0.15) is 0 Å². The topological polar surface area (TPSA) is 68.3 Å². The molecule has 2 aromatic rings. The quantitative estimate of drug-likeness (QED) is 0.791. The Bertz CT molecular complexity index is 593. The number of thiophene rings is 1. The van der Waals surface area contributed by atoms with Gasteiger partial charge < -0.3 is 10.1 Å². The molecular weight excluding hydrogens is 308 g/mol. The number of carbonyl (C=O) groups excluding carboxylic acids is 2. The van der Waals surface area contributed by atoms with Gasteiger partial charge in [0.25, 0.3) is 5.91 Å². The summed E-state index contributed by atoms with van der Waals surface area (Å²) < 4.78 is 4.92. The van der Waals surface area contributed by atoms with E-state index in [-0.39, 0.29) is 18.9 Å². The van der Waals surface area contributed by atoms with Crippen LogP contribution in [-0.4, -0.2) is 30.0 Å². The van der Waals surface area contributed by atoms with Crippen LogP contribution in [0.25, 0.3) is 0 Å². The van der Waals surface area contributed by atoms with Gasteiger partial charge in [-0.1, -0.05) is 6.07 Å². The van der Waals surface area contributed by atoms with Gasteiger partial charge in [-0.15, -0.1) is 22.7 Å². The molecule has 0 unspecified atom stereocenters. The zero-order chi connectivity index (χ0) is 15.1. The van der Waals surface area contributed by atoms with Gasteiger partial charge in [0.1, 0.15) is 0 Å². The first-order valence-electron chi connectivity index (χ1n) is 6.49. The van der Waals surface area contributed by atoms with Crippen LogP contribution in [0.4, 0.5) is 0 Å². The van der Waals surface area contributed by atoms with Gasteiger partial charge in [0, 0.05) is 16.8 Å². The molecular formula is C14H16N2O3S2. The van der Waals surface area contributed by atoms with Crippen LogP contribution >= 0.6 is 22.7 Å². The largest absolute Gasteiger partial charge is 0.455 e. The molecule has 1 N–H and O–H groups in total. The Balaban J connectivity index is 1.60. The third kappa shape index (κ3) is 5.65. The van der Waals surface area contributed by atoms with Crippen molar-refractivity contribution >= 4 is 34.6 Å². The van der Waals surface area contributed by atoms with Gasteiger partial charge in [-0.05, 0) is 24.8 Å². The fourth-order valence-corrected chi connectivity index (χ4v) is 2.99. The number of ether oxygens (including phenoxy) is 1. The fraction of sp³-hybridized carbons (Fsp3) is 0.357. The van der Waals surface area contributed by atoms with E-state index in [1.807, 2.05) is 29.8 Å². The highest BCUT2D eigenvalue weighted by atomic mass is 32.1. The predicted octanol–water partition coefficient (Wildman–Crippen LogP) is 1.96. The van der Waals surface area contributed by atoms with Crippen molar-refractivity contribution in [3.8, 4) is 0 Å². The number of nitrogens with zero attached hydrogens (tertiary/aromatic N) is 1. The van der Waals surface area contributed by atoms with Crippen LogP contribution in [0.3, 0.4) is 0 Å². The molecule has 5 nitrogen and oxygen atoms in total. The van der Waals surface area contributed by atoms with Crippen molar-refractivity contribution < 1.29 is 14.3 Å². The third-order valence-electron chi connectivity index (χ3n) is 2.63. The molecule has 0 aliphatic rings. The van der Waals surface area contributed by atoms with Gasteiger partial charge in [0.15, 0.2) is 6.61 Å². The van der Waals surface area contributed by atoms with Crippen molar-refractivity contribution in [2.75, 3.05) is 13.2 Å². The lowest BCUT2D eigenvalue weighted by Crippen LogP contribution is -2.30. The molecule has 0 aliphatic carbocycles. The number of esters is 1. The summed E-state index contributed by atoms with van der Waals surface area (Å²) in [5.41, 5.74) is 0.681. The number of nitrogens with one attached hydrogen (secondary N) is 1. The smallest absolute Gasteiger partial charge is 0.312 e. The molecule has 0 bridgehead atoms. The highest BCUT2D eigenvalue weighted by molar-refractivity contribution is 7.10. The second-order valence-electron chi connectivity index (χ2n) is 4.37. The summed E-state index contributed by atoms with van der Waals surface area (Å²) in [5, 5.41) is 7.44. The molecule has 112 valence electrons. The van der Waals surface area contributed by atoms with E-state index in [0.717, 1.165) is 11.4 Å². The average Bonchev–Trinajstić information content (AvgIpc) is 3.08. The molecule has 1 amide bonds. The Kier molecular flexibility index (Phi) is 5.89. The van der Waals surface area contributed by atoms with E-state index in [2.05, 4.69) is 10.3 Å². The van der Waals surface area contributed by atoms with Gasteiger partial charge in [-0.3, -0.25) is 9.59 Å². The molecule has 2 rings (SSSR count). The van der Waals surface area contributed by atoms with Crippen molar-refractivity contribution in [2.24, 2.45) is 0 Å². The summed E-state index contributed by atoms with van der Waals surface area (Å²) in [7, 11) is 0. The third-order valence-corrected chi connectivity index (χ3v) is 4.39. The monoisotopic (exact) mass is 324 g/mol. The van der Waals surface area contributed by atoms with Crippen LogP contribution < -0.4 is 5.32 Å². The molecule has 2 heterocycles. The maximum absolute atomic E-state index is 11.6. The minimum absolute atomic E-state index is 0.104. The van der Waals surface area contributed by atoms with E-state index in [1.54, 1.807) is 11.3 Å². The Morgan fingerprint density at radius 1 is 1.38 bits per heavy atom. The number of aryl methyl sites for hydroxylation is 1. The van der Waals surface area contributed by atoms with Crippen LogP contribution in [0.15, 0.2) is 22.9 Å². The van der Waals surface area contributed by atoms with E-state index in [4.69, 9.17) is 4.74 Å². The molecule has 0 radical (unpaired) electrons. The predicted molar refractivity (Wildman–Crippen MR) is 82.5 cm³/mol.